The second kappa shape index (κ2) is 4.86. The van der Waals surface area contributed by atoms with Crippen LogP contribution in [0.3, 0.4) is 0 Å². The molecule has 1 aromatic carbocycles. The number of β-amino-alcohol motifs (C(OH)–C–C–N with tert-alkyl or cyclic N) is 1. The third-order valence-electron chi connectivity index (χ3n) is 3.87. The van der Waals surface area contributed by atoms with Crippen LogP contribution in [0, 0.1) is 0 Å². The van der Waals surface area contributed by atoms with Crippen LogP contribution in [-0.4, -0.2) is 39.6 Å². The molecule has 1 aromatic heterocycles. The van der Waals surface area contributed by atoms with Crippen molar-refractivity contribution in [2.75, 3.05) is 13.1 Å². The third kappa shape index (κ3) is 2.19. The van der Waals surface area contributed by atoms with Crippen LogP contribution in [0.2, 0.25) is 0 Å². The monoisotopic (exact) mass is 400 g/mol. The maximum Gasteiger partial charge on any atom is 0.256 e. The van der Waals surface area contributed by atoms with Crippen molar-refractivity contribution >= 4 is 48.7 Å². The van der Waals surface area contributed by atoms with Crippen molar-refractivity contribution in [1.82, 2.24) is 9.88 Å². The molecule has 0 spiro atoms. The van der Waals surface area contributed by atoms with Crippen molar-refractivity contribution in [3.8, 4) is 0 Å². The Morgan fingerprint density at radius 1 is 1.40 bits per heavy atom. The van der Waals surface area contributed by atoms with Crippen LogP contribution in [0.4, 0.5) is 0 Å². The molecule has 2 N–H and O–H groups in total. The molecular formula is C14H14Br2N2O2. The van der Waals surface area contributed by atoms with Gasteiger partial charge in [0, 0.05) is 26.0 Å². The summed E-state index contributed by atoms with van der Waals surface area (Å²) >= 11 is 6.90. The van der Waals surface area contributed by atoms with Gasteiger partial charge in [0.25, 0.3) is 5.91 Å². The molecule has 0 atom stereocenters. The smallest absolute Gasteiger partial charge is 0.256 e. The van der Waals surface area contributed by atoms with Gasteiger partial charge in [-0.1, -0.05) is 6.92 Å². The van der Waals surface area contributed by atoms with Gasteiger partial charge < -0.3 is 15.0 Å². The van der Waals surface area contributed by atoms with E-state index < -0.39 is 5.60 Å². The standard InChI is InChI=1S/C14H14Br2N2O2/c1-2-14(20)6-18(7-14)13(19)9-5-17-12-4-11(16)10(15)3-8(9)12/h3-5,17,20H,2,6-7H2,1H3. The summed E-state index contributed by atoms with van der Waals surface area (Å²) in [5.74, 6) is -0.0383. The second-order valence-corrected chi connectivity index (χ2v) is 6.96. The molecule has 0 saturated carbocycles. The number of carbonyl (C=O) groups is 1. The lowest BCUT2D eigenvalue weighted by atomic mass is 9.90. The zero-order valence-corrected chi connectivity index (χ0v) is 14.1. The molecule has 1 aliphatic rings. The lowest BCUT2D eigenvalue weighted by Crippen LogP contribution is -2.63. The fraction of sp³-hybridized carbons (Fsp3) is 0.357. The van der Waals surface area contributed by atoms with Crippen LogP contribution in [-0.2, 0) is 0 Å². The number of likely N-dealkylation sites (tertiary alicyclic amines) is 1. The molecule has 0 unspecified atom stereocenters. The molecule has 1 amide bonds. The number of nitrogens with zero attached hydrogens (tertiary/aromatic N) is 1. The van der Waals surface area contributed by atoms with Crippen LogP contribution in [0.25, 0.3) is 10.9 Å². The van der Waals surface area contributed by atoms with Crippen molar-refractivity contribution in [3.63, 3.8) is 0 Å². The molecule has 6 heteroatoms. The van der Waals surface area contributed by atoms with Crippen LogP contribution >= 0.6 is 31.9 Å². The van der Waals surface area contributed by atoms with Crippen molar-refractivity contribution in [1.29, 1.82) is 0 Å². The first-order valence-corrected chi connectivity index (χ1v) is 8.00. The molecule has 4 nitrogen and oxygen atoms in total. The van der Waals surface area contributed by atoms with Crippen molar-refractivity contribution in [2.45, 2.75) is 18.9 Å². The number of hydrogen-bond acceptors (Lipinski definition) is 2. The van der Waals surface area contributed by atoms with E-state index in [2.05, 4.69) is 36.8 Å². The predicted molar refractivity (Wildman–Crippen MR) is 84.8 cm³/mol. The molecule has 1 saturated heterocycles. The Hall–Kier alpha value is -0.850. The van der Waals surface area contributed by atoms with Crippen LogP contribution in [0.15, 0.2) is 27.3 Å². The summed E-state index contributed by atoms with van der Waals surface area (Å²) < 4.78 is 1.85. The van der Waals surface area contributed by atoms with E-state index in [1.165, 1.54) is 0 Å². The maximum atomic E-state index is 12.5. The normalized spacial score (nSPS) is 17.3. The number of rotatable bonds is 2. The summed E-state index contributed by atoms with van der Waals surface area (Å²) in [7, 11) is 0. The molecule has 1 fully saturated rings. The number of nitrogens with one attached hydrogen (secondary N) is 1. The fourth-order valence-corrected chi connectivity index (χ4v) is 3.18. The SMILES string of the molecule is CCC1(O)CN(C(=O)c2c[nH]c3cc(Br)c(Br)cc23)C1. The van der Waals surface area contributed by atoms with E-state index >= 15 is 0 Å². The summed E-state index contributed by atoms with van der Waals surface area (Å²) in [6.45, 7) is 2.75. The van der Waals surface area contributed by atoms with Gasteiger partial charge in [-0.2, -0.15) is 0 Å². The number of aromatic nitrogens is 1. The summed E-state index contributed by atoms with van der Waals surface area (Å²) in [4.78, 5) is 17.3. The fourth-order valence-electron chi connectivity index (χ4n) is 2.50. The first kappa shape index (κ1) is 14.1. The molecule has 0 aliphatic carbocycles. The summed E-state index contributed by atoms with van der Waals surface area (Å²) in [5, 5.41) is 10.9. The minimum atomic E-state index is -0.703. The molecule has 2 heterocycles. The first-order chi connectivity index (χ1) is 9.43. The van der Waals surface area contributed by atoms with E-state index in [1.807, 2.05) is 19.1 Å². The van der Waals surface area contributed by atoms with E-state index in [0.29, 0.717) is 25.1 Å². The molecule has 2 aromatic rings. The molecule has 0 bridgehead atoms. The predicted octanol–water partition coefficient (Wildman–Crippen LogP) is 3.29. The number of carbonyl (C=O) groups excluding carboxylic acids is 1. The van der Waals surface area contributed by atoms with Gasteiger partial charge in [0.15, 0.2) is 0 Å². The number of hydrogen-bond donors (Lipinski definition) is 2. The van der Waals surface area contributed by atoms with E-state index in [1.54, 1.807) is 11.1 Å². The molecule has 20 heavy (non-hydrogen) atoms. The van der Waals surface area contributed by atoms with Gasteiger partial charge in [0.1, 0.15) is 0 Å². The van der Waals surface area contributed by atoms with Crippen molar-refractivity contribution in [3.05, 3.63) is 32.8 Å². The highest BCUT2D eigenvalue weighted by atomic mass is 79.9. The summed E-state index contributed by atoms with van der Waals surface area (Å²) in [5.41, 5.74) is 0.854. The van der Waals surface area contributed by atoms with Crippen LogP contribution < -0.4 is 0 Å². The van der Waals surface area contributed by atoms with Gasteiger partial charge in [-0.3, -0.25) is 4.79 Å². The van der Waals surface area contributed by atoms with Crippen molar-refractivity contribution in [2.24, 2.45) is 0 Å². The first-order valence-electron chi connectivity index (χ1n) is 6.41. The maximum absolute atomic E-state index is 12.5. The number of benzene rings is 1. The van der Waals surface area contributed by atoms with Crippen molar-refractivity contribution < 1.29 is 9.90 Å². The molecule has 1 aliphatic heterocycles. The zero-order chi connectivity index (χ0) is 14.5. The van der Waals surface area contributed by atoms with E-state index in [4.69, 9.17) is 0 Å². The summed E-state index contributed by atoms with van der Waals surface area (Å²) in [6.07, 6.45) is 2.40. The molecule has 3 rings (SSSR count). The van der Waals surface area contributed by atoms with Gasteiger partial charge in [-0.05, 0) is 50.4 Å². The largest absolute Gasteiger partial charge is 0.386 e. The van der Waals surface area contributed by atoms with Gasteiger partial charge in [-0.25, -0.2) is 0 Å². The molecule has 106 valence electrons. The van der Waals surface area contributed by atoms with Crippen LogP contribution in [0.5, 0.6) is 0 Å². The third-order valence-corrected chi connectivity index (χ3v) is 5.71. The zero-order valence-electron chi connectivity index (χ0n) is 10.9. The highest BCUT2D eigenvalue weighted by molar-refractivity contribution is 9.13. The average molecular weight is 402 g/mol. The quantitative estimate of drug-likeness (QED) is 0.811. The van der Waals surface area contributed by atoms with E-state index in [9.17, 15) is 9.90 Å². The van der Waals surface area contributed by atoms with Gasteiger partial charge in [0.05, 0.1) is 24.3 Å². The highest BCUT2D eigenvalue weighted by Gasteiger charge is 2.42. The highest BCUT2D eigenvalue weighted by Crippen LogP contribution is 2.32. The Bertz CT molecular complexity index is 690. The average Bonchev–Trinajstić information content (AvgIpc) is 2.77. The Balaban J connectivity index is 1.92. The van der Waals surface area contributed by atoms with Gasteiger partial charge in [-0.15, -0.1) is 0 Å². The number of amides is 1. The summed E-state index contributed by atoms with van der Waals surface area (Å²) in [6, 6.07) is 3.86. The van der Waals surface area contributed by atoms with Gasteiger partial charge in [0.2, 0.25) is 0 Å². The Labute approximate surface area is 133 Å². The van der Waals surface area contributed by atoms with Gasteiger partial charge >= 0.3 is 0 Å². The van der Waals surface area contributed by atoms with Crippen LogP contribution in [0.1, 0.15) is 23.7 Å². The lowest BCUT2D eigenvalue weighted by molar-refractivity contribution is -0.0825. The number of H-pyrrole nitrogens is 1. The second-order valence-electron chi connectivity index (χ2n) is 5.25. The minimum absolute atomic E-state index is 0.0383. The molecular weight excluding hydrogens is 388 g/mol. The lowest BCUT2D eigenvalue weighted by Gasteiger charge is -2.46. The Kier molecular flexibility index (Phi) is 3.43. The Morgan fingerprint density at radius 3 is 2.70 bits per heavy atom. The topological polar surface area (TPSA) is 56.3 Å². The number of halogens is 2. The van der Waals surface area contributed by atoms with E-state index in [0.717, 1.165) is 19.8 Å². The van der Waals surface area contributed by atoms with E-state index in [-0.39, 0.29) is 5.91 Å². The molecule has 0 radical (unpaired) electrons. The number of aromatic amines is 1. The number of fused-ring (bicyclic) bond motifs is 1. The number of aliphatic hydroxyl groups is 1. The Morgan fingerprint density at radius 2 is 2.05 bits per heavy atom. The minimum Gasteiger partial charge on any atom is -0.386 e.